The van der Waals surface area contributed by atoms with Crippen molar-refractivity contribution in [2.75, 3.05) is 0 Å². The van der Waals surface area contributed by atoms with Gasteiger partial charge in [-0.05, 0) is 17.9 Å². The van der Waals surface area contributed by atoms with Gasteiger partial charge in [-0.1, -0.05) is 50.0 Å². The van der Waals surface area contributed by atoms with E-state index in [2.05, 4.69) is 20.8 Å². The molecule has 0 aliphatic rings. The van der Waals surface area contributed by atoms with Crippen molar-refractivity contribution in [2.45, 2.75) is 33.1 Å². The first kappa shape index (κ1) is 7.91. The van der Waals surface area contributed by atoms with E-state index in [0.29, 0.717) is 6.04 Å². The SMILES string of the molecule is [2H]c1c(C)cc([B])cc1C(C)(C)C. The molecule has 1 rings (SSSR count). The molecule has 0 unspecified atom stereocenters. The van der Waals surface area contributed by atoms with Crippen LogP contribution in [0.1, 0.15) is 33.3 Å². The zero-order valence-electron chi connectivity index (χ0n) is 9.23. The summed E-state index contributed by atoms with van der Waals surface area (Å²) in [6.45, 7) is 8.21. The predicted octanol–water partition coefficient (Wildman–Crippen LogP) is 2.09. The van der Waals surface area contributed by atoms with Gasteiger partial charge in [0.15, 0.2) is 0 Å². The molecule has 1 aromatic rings. The van der Waals surface area contributed by atoms with Gasteiger partial charge in [0.25, 0.3) is 0 Å². The molecule has 1 aromatic carbocycles. The fourth-order valence-electron chi connectivity index (χ4n) is 1.15. The van der Waals surface area contributed by atoms with E-state index < -0.39 is 0 Å². The molecule has 1 heteroatoms. The first-order chi connectivity index (χ1) is 5.82. The summed E-state index contributed by atoms with van der Waals surface area (Å²) in [5, 5.41) is 0. The fraction of sp³-hybridized carbons (Fsp3) is 0.455. The molecule has 2 radical (unpaired) electrons. The van der Waals surface area contributed by atoms with Gasteiger partial charge in [0, 0.05) is 0 Å². The Balaban J connectivity index is 3.37. The maximum absolute atomic E-state index is 7.89. The predicted molar refractivity (Wildman–Crippen MR) is 55.3 cm³/mol. The highest BCUT2D eigenvalue weighted by atomic mass is 14.2. The molecule has 0 N–H and O–H groups in total. The van der Waals surface area contributed by atoms with Crippen molar-refractivity contribution in [1.29, 1.82) is 0 Å². The van der Waals surface area contributed by atoms with E-state index in [1.54, 1.807) is 0 Å². The van der Waals surface area contributed by atoms with Crippen LogP contribution in [0.4, 0.5) is 0 Å². The van der Waals surface area contributed by atoms with Gasteiger partial charge in [-0.2, -0.15) is 0 Å². The third-order valence-corrected chi connectivity index (χ3v) is 1.83. The van der Waals surface area contributed by atoms with E-state index in [1.807, 2.05) is 19.1 Å². The number of hydrogen-bond acceptors (Lipinski definition) is 0. The monoisotopic (exact) mass is 159 g/mol. The molecule has 0 aromatic heterocycles. The molecule has 0 atom stereocenters. The maximum Gasteiger partial charge on any atom is 0.113 e. The number of rotatable bonds is 0. The smallest absolute Gasteiger partial charge is 0.0961 e. The summed E-state index contributed by atoms with van der Waals surface area (Å²) < 4.78 is 7.89. The second-order valence-electron chi connectivity index (χ2n) is 4.26. The molecular weight excluding hydrogens is 143 g/mol. The van der Waals surface area contributed by atoms with E-state index >= 15 is 0 Å². The lowest BCUT2D eigenvalue weighted by Gasteiger charge is -2.20. The van der Waals surface area contributed by atoms with Crippen LogP contribution in [0.2, 0.25) is 0 Å². The Hall–Kier alpha value is -0.715. The Morgan fingerprint density at radius 3 is 2.42 bits per heavy atom. The van der Waals surface area contributed by atoms with E-state index in [4.69, 9.17) is 9.22 Å². The average molecular weight is 159 g/mol. The highest BCUT2D eigenvalue weighted by Crippen LogP contribution is 2.21. The molecule has 0 aliphatic heterocycles. The first-order valence-electron chi connectivity index (χ1n) is 4.69. The summed E-state index contributed by atoms with van der Waals surface area (Å²) in [6, 6.07) is 4.36. The van der Waals surface area contributed by atoms with Gasteiger partial charge in [0.05, 0.1) is 1.37 Å². The van der Waals surface area contributed by atoms with E-state index in [9.17, 15) is 0 Å². The summed E-state index contributed by atoms with van der Waals surface area (Å²) in [4.78, 5) is 0. The third-order valence-electron chi connectivity index (χ3n) is 1.83. The van der Waals surface area contributed by atoms with Crippen LogP contribution < -0.4 is 5.46 Å². The van der Waals surface area contributed by atoms with Crippen LogP contribution >= 0.6 is 0 Å². The molecule has 12 heavy (non-hydrogen) atoms. The Morgan fingerprint density at radius 2 is 1.92 bits per heavy atom. The minimum atomic E-state index is -0.00275. The summed E-state index contributed by atoms with van der Waals surface area (Å²) in [7, 11) is 5.74. The molecule has 0 spiro atoms. The molecule has 0 aliphatic carbocycles. The minimum absolute atomic E-state index is 0.00275. The standard InChI is InChI=1S/C11H15B/c1-8-5-9(11(2,3)4)7-10(12)6-8/h5-7H,1-4H3/i5D. The normalized spacial score (nSPS) is 12.8. The number of aryl methyl sites for hydroxylation is 1. The van der Waals surface area contributed by atoms with Crippen LogP contribution in [0, 0.1) is 6.92 Å². The Morgan fingerprint density at radius 1 is 1.33 bits per heavy atom. The molecule has 0 saturated heterocycles. The van der Waals surface area contributed by atoms with E-state index in [-0.39, 0.29) is 5.41 Å². The lowest BCUT2D eigenvalue weighted by Crippen LogP contribution is -2.15. The van der Waals surface area contributed by atoms with Crippen LogP contribution in [-0.4, -0.2) is 7.85 Å². The van der Waals surface area contributed by atoms with Crippen molar-refractivity contribution >= 4 is 13.3 Å². The molecule has 0 bridgehead atoms. The summed E-state index contributed by atoms with van der Waals surface area (Å²) in [5.74, 6) is 0. The van der Waals surface area contributed by atoms with Crippen molar-refractivity contribution in [3.05, 3.63) is 29.3 Å². The minimum Gasteiger partial charge on any atom is -0.0961 e. The van der Waals surface area contributed by atoms with Gasteiger partial charge in [0.1, 0.15) is 7.85 Å². The highest BCUT2D eigenvalue weighted by molar-refractivity contribution is 6.32. The van der Waals surface area contributed by atoms with Gasteiger partial charge < -0.3 is 0 Å². The van der Waals surface area contributed by atoms with Crippen molar-refractivity contribution in [1.82, 2.24) is 0 Å². The van der Waals surface area contributed by atoms with Gasteiger partial charge in [-0.25, -0.2) is 0 Å². The Bertz CT molecular complexity index is 324. The molecule has 0 amide bonds. The molecule has 0 fully saturated rings. The van der Waals surface area contributed by atoms with Crippen molar-refractivity contribution in [3.8, 4) is 0 Å². The first-order valence-corrected chi connectivity index (χ1v) is 4.19. The Labute approximate surface area is 77.8 Å². The highest BCUT2D eigenvalue weighted by Gasteiger charge is 2.13. The third kappa shape index (κ3) is 2.13. The zero-order valence-corrected chi connectivity index (χ0v) is 8.23. The van der Waals surface area contributed by atoms with Gasteiger partial charge in [-0.3, -0.25) is 0 Å². The second kappa shape index (κ2) is 2.97. The second-order valence-corrected chi connectivity index (χ2v) is 4.26. The fourth-order valence-corrected chi connectivity index (χ4v) is 1.15. The van der Waals surface area contributed by atoms with Gasteiger partial charge >= 0.3 is 0 Å². The summed E-state index contributed by atoms with van der Waals surface area (Å²) in [5.41, 5.74) is 2.71. The van der Waals surface area contributed by atoms with Gasteiger partial charge in [-0.15, -0.1) is 0 Å². The van der Waals surface area contributed by atoms with Crippen LogP contribution in [0.5, 0.6) is 0 Å². The molecule has 0 nitrogen and oxygen atoms in total. The van der Waals surface area contributed by atoms with Crippen LogP contribution in [0.3, 0.4) is 0 Å². The number of hydrogen-bond donors (Lipinski definition) is 0. The average Bonchev–Trinajstić information content (AvgIpc) is 1.94. The lowest BCUT2D eigenvalue weighted by molar-refractivity contribution is 0.590. The van der Waals surface area contributed by atoms with Crippen LogP contribution in [0.25, 0.3) is 0 Å². The van der Waals surface area contributed by atoms with Gasteiger partial charge in [0.2, 0.25) is 0 Å². The lowest BCUT2D eigenvalue weighted by atomic mass is 9.82. The summed E-state index contributed by atoms with van der Waals surface area (Å²) >= 11 is 0. The van der Waals surface area contributed by atoms with Crippen molar-refractivity contribution in [3.63, 3.8) is 0 Å². The van der Waals surface area contributed by atoms with E-state index in [1.165, 1.54) is 0 Å². The van der Waals surface area contributed by atoms with Crippen molar-refractivity contribution in [2.24, 2.45) is 0 Å². The largest absolute Gasteiger partial charge is 0.113 e. The van der Waals surface area contributed by atoms with Crippen LogP contribution in [-0.2, 0) is 5.41 Å². The quantitative estimate of drug-likeness (QED) is 0.508. The molecule has 0 saturated carbocycles. The topological polar surface area (TPSA) is 0 Å². The maximum atomic E-state index is 7.89. The van der Waals surface area contributed by atoms with E-state index in [0.717, 1.165) is 16.6 Å². The Kier molecular flexibility index (Phi) is 1.96. The zero-order chi connectivity index (χ0) is 10.2. The molecular formula is C11H15B. The molecule has 0 heterocycles. The number of benzene rings is 1. The van der Waals surface area contributed by atoms with Crippen molar-refractivity contribution < 1.29 is 1.37 Å². The van der Waals surface area contributed by atoms with Crippen LogP contribution in [0.15, 0.2) is 18.2 Å². The summed E-state index contributed by atoms with van der Waals surface area (Å²) in [6.07, 6.45) is 0. The molecule has 62 valence electrons.